The molecule has 2 unspecified atom stereocenters. The molecule has 1 heterocycles. The number of hydroxylamine groups is 2. The molecule has 0 aliphatic carbocycles. The molecule has 1 aliphatic heterocycles. The molecule has 15 heavy (non-hydrogen) atoms. The topological polar surface area (TPSA) is 12.5 Å². The van der Waals surface area contributed by atoms with E-state index in [1.807, 2.05) is 0 Å². The fourth-order valence-corrected chi connectivity index (χ4v) is 2.55. The van der Waals surface area contributed by atoms with Gasteiger partial charge in [0.15, 0.2) is 0 Å². The molecule has 1 aliphatic rings. The van der Waals surface area contributed by atoms with Crippen LogP contribution in [0, 0.1) is 0 Å². The van der Waals surface area contributed by atoms with Gasteiger partial charge in [-0.1, -0.05) is 13.3 Å². The summed E-state index contributed by atoms with van der Waals surface area (Å²) >= 11 is 0. The Bertz CT molecular complexity index is 191. The van der Waals surface area contributed by atoms with Crippen molar-refractivity contribution in [2.75, 3.05) is 0 Å². The van der Waals surface area contributed by atoms with Crippen molar-refractivity contribution in [2.24, 2.45) is 0 Å². The second-order valence-electron chi connectivity index (χ2n) is 5.58. The highest BCUT2D eigenvalue weighted by Crippen LogP contribution is 2.32. The van der Waals surface area contributed by atoms with E-state index in [-0.39, 0.29) is 5.54 Å². The van der Waals surface area contributed by atoms with E-state index >= 15 is 0 Å². The lowest BCUT2D eigenvalue weighted by atomic mass is 9.89. The average molecular weight is 213 g/mol. The summed E-state index contributed by atoms with van der Waals surface area (Å²) in [5, 5.41) is 2.25. The zero-order valence-electron chi connectivity index (χ0n) is 11.0. The highest BCUT2D eigenvalue weighted by Gasteiger charge is 2.36. The van der Waals surface area contributed by atoms with Gasteiger partial charge in [-0.25, -0.2) is 0 Å². The van der Waals surface area contributed by atoms with Crippen molar-refractivity contribution in [2.45, 2.75) is 84.4 Å². The number of hydrogen-bond donors (Lipinski definition) is 0. The Hall–Kier alpha value is -0.0800. The van der Waals surface area contributed by atoms with E-state index in [0.29, 0.717) is 12.1 Å². The smallest absolute Gasteiger partial charge is 0.0765 e. The lowest BCUT2D eigenvalue weighted by molar-refractivity contribution is -0.275. The lowest BCUT2D eigenvalue weighted by Crippen LogP contribution is -2.52. The van der Waals surface area contributed by atoms with Crippen molar-refractivity contribution < 1.29 is 4.84 Å². The van der Waals surface area contributed by atoms with Gasteiger partial charge < -0.3 is 0 Å². The maximum absolute atomic E-state index is 6.09. The van der Waals surface area contributed by atoms with Crippen LogP contribution in [0.4, 0.5) is 0 Å². The van der Waals surface area contributed by atoms with E-state index < -0.39 is 0 Å². The molecule has 0 radical (unpaired) electrons. The summed E-state index contributed by atoms with van der Waals surface area (Å²) in [5.74, 6) is 0. The fourth-order valence-electron chi connectivity index (χ4n) is 2.55. The van der Waals surface area contributed by atoms with Gasteiger partial charge >= 0.3 is 0 Å². The van der Waals surface area contributed by atoms with Crippen LogP contribution in [0.25, 0.3) is 0 Å². The molecule has 0 bridgehead atoms. The first-order valence-electron chi connectivity index (χ1n) is 6.43. The van der Waals surface area contributed by atoms with Crippen LogP contribution in [0.2, 0.25) is 0 Å². The summed E-state index contributed by atoms with van der Waals surface area (Å²) in [5.41, 5.74) is 0.208. The molecule has 0 saturated carbocycles. The van der Waals surface area contributed by atoms with Crippen molar-refractivity contribution in [3.63, 3.8) is 0 Å². The highest BCUT2D eigenvalue weighted by atomic mass is 16.7. The van der Waals surface area contributed by atoms with Crippen LogP contribution in [0.3, 0.4) is 0 Å². The van der Waals surface area contributed by atoms with Crippen molar-refractivity contribution >= 4 is 0 Å². The molecule has 1 rings (SSSR count). The molecule has 0 amide bonds. The molecule has 0 aromatic heterocycles. The summed E-state index contributed by atoms with van der Waals surface area (Å²) in [6, 6.07) is 0.563. The summed E-state index contributed by atoms with van der Waals surface area (Å²) in [7, 11) is 0. The van der Waals surface area contributed by atoms with E-state index in [2.05, 4.69) is 39.7 Å². The predicted molar refractivity (Wildman–Crippen MR) is 64.7 cm³/mol. The minimum absolute atomic E-state index is 0.208. The SMILES string of the molecule is CCCC(C)ON1C(C)CCCC1(C)C. The summed E-state index contributed by atoms with van der Waals surface area (Å²) < 4.78 is 0. The lowest BCUT2D eigenvalue weighted by Gasteiger charge is -2.46. The van der Waals surface area contributed by atoms with Gasteiger partial charge in [0.2, 0.25) is 0 Å². The minimum atomic E-state index is 0.208. The normalized spacial score (nSPS) is 29.0. The summed E-state index contributed by atoms with van der Waals surface area (Å²) in [6.07, 6.45) is 6.55. The minimum Gasteiger partial charge on any atom is -0.295 e. The molecule has 0 spiro atoms. The third kappa shape index (κ3) is 3.46. The van der Waals surface area contributed by atoms with Crippen LogP contribution in [0.1, 0.15) is 66.7 Å². The maximum atomic E-state index is 6.09. The van der Waals surface area contributed by atoms with Gasteiger partial charge in [0.05, 0.1) is 6.10 Å². The molecule has 0 N–H and O–H groups in total. The molecular formula is C13H27NO. The molecular weight excluding hydrogens is 186 g/mol. The Morgan fingerprint density at radius 2 is 2.13 bits per heavy atom. The molecule has 1 fully saturated rings. The van der Waals surface area contributed by atoms with E-state index in [9.17, 15) is 0 Å². The van der Waals surface area contributed by atoms with Gasteiger partial charge in [-0.2, -0.15) is 5.06 Å². The van der Waals surface area contributed by atoms with Gasteiger partial charge in [0, 0.05) is 11.6 Å². The van der Waals surface area contributed by atoms with E-state index in [1.54, 1.807) is 0 Å². The Morgan fingerprint density at radius 1 is 1.47 bits per heavy atom. The third-order valence-electron chi connectivity index (χ3n) is 3.40. The van der Waals surface area contributed by atoms with Crippen molar-refractivity contribution in [1.82, 2.24) is 5.06 Å². The van der Waals surface area contributed by atoms with Gasteiger partial charge in [-0.15, -0.1) is 0 Å². The fraction of sp³-hybridized carbons (Fsp3) is 1.00. The van der Waals surface area contributed by atoms with Crippen LogP contribution < -0.4 is 0 Å². The Balaban J connectivity index is 2.55. The average Bonchev–Trinajstić information content (AvgIpc) is 2.12. The van der Waals surface area contributed by atoms with Crippen LogP contribution in [0.5, 0.6) is 0 Å². The van der Waals surface area contributed by atoms with Crippen molar-refractivity contribution in [1.29, 1.82) is 0 Å². The monoisotopic (exact) mass is 213 g/mol. The number of nitrogens with zero attached hydrogens (tertiary/aromatic N) is 1. The van der Waals surface area contributed by atoms with Crippen molar-refractivity contribution in [3.05, 3.63) is 0 Å². The van der Waals surface area contributed by atoms with Crippen LogP contribution in [-0.4, -0.2) is 22.7 Å². The van der Waals surface area contributed by atoms with Crippen LogP contribution in [0.15, 0.2) is 0 Å². The maximum Gasteiger partial charge on any atom is 0.0765 e. The van der Waals surface area contributed by atoms with E-state index in [0.717, 1.165) is 6.42 Å². The molecule has 2 nitrogen and oxygen atoms in total. The van der Waals surface area contributed by atoms with Crippen LogP contribution >= 0.6 is 0 Å². The van der Waals surface area contributed by atoms with Gasteiger partial charge in [0.25, 0.3) is 0 Å². The number of piperidine rings is 1. The van der Waals surface area contributed by atoms with E-state index in [1.165, 1.54) is 25.7 Å². The second kappa shape index (κ2) is 5.31. The van der Waals surface area contributed by atoms with Crippen molar-refractivity contribution in [3.8, 4) is 0 Å². The molecule has 0 aromatic rings. The third-order valence-corrected chi connectivity index (χ3v) is 3.40. The second-order valence-corrected chi connectivity index (χ2v) is 5.58. The largest absolute Gasteiger partial charge is 0.295 e. The number of rotatable bonds is 4. The first-order chi connectivity index (χ1) is 6.97. The number of hydrogen-bond acceptors (Lipinski definition) is 2. The predicted octanol–water partition coefficient (Wildman–Crippen LogP) is 3.76. The van der Waals surface area contributed by atoms with Gasteiger partial charge in [0.1, 0.15) is 0 Å². The summed E-state index contributed by atoms with van der Waals surface area (Å²) in [6.45, 7) is 11.3. The molecule has 2 heteroatoms. The Morgan fingerprint density at radius 3 is 2.67 bits per heavy atom. The molecule has 2 atom stereocenters. The molecule has 0 aromatic carbocycles. The zero-order valence-corrected chi connectivity index (χ0v) is 11.0. The highest BCUT2D eigenvalue weighted by molar-refractivity contribution is 4.85. The van der Waals surface area contributed by atoms with Crippen LogP contribution in [-0.2, 0) is 4.84 Å². The Labute approximate surface area is 94.9 Å². The Kier molecular flexibility index (Phi) is 4.60. The van der Waals surface area contributed by atoms with Gasteiger partial charge in [-0.3, -0.25) is 4.84 Å². The first-order valence-corrected chi connectivity index (χ1v) is 6.43. The summed E-state index contributed by atoms with van der Waals surface area (Å²) in [4.78, 5) is 6.09. The first kappa shape index (κ1) is 13.0. The van der Waals surface area contributed by atoms with Gasteiger partial charge in [-0.05, 0) is 53.4 Å². The zero-order chi connectivity index (χ0) is 11.5. The van der Waals surface area contributed by atoms with E-state index in [4.69, 9.17) is 4.84 Å². The standard InChI is InChI=1S/C13H27NO/c1-6-8-12(3)15-14-11(2)9-7-10-13(14,4)5/h11-12H,6-10H2,1-5H3. The molecule has 90 valence electrons. The quantitative estimate of drug-likeness (QED) is 0.705. The molecule has 1 saturated heterocycles.